The molecule has 1 aromatic heterocycles. The molecule has 1 heterocycles. The Morgan fingerprint density at radius 2 is 1.83 bits per heavy atom. The molecule has 1 amide bonds. The SMILES string of the molecule is O=C(Nc1ccc(OC(F)(F)F)cc1)c1sccc1SCc1ccc(Cl)cc1Cl. The first kappa shape index (κ1) is 21.8. The van der Waals surface area contributed by atoms with Crippen LogP contribution in [0.15, 0.2) is 58.8 Å². The molecule has 0 aliphatic carbocycles. The molecule has 3 rings (SSSR count). The number of thioether (sulfide) groups is 1. The van der Waals surface area contributed by atoms with E-state index in [0.29, 0.717) is 26.4 Å². The van der Waals surface area contributed by atoms with E-state index in [1.807, 2.05) is 12.1 Å². The van der Waals surface area contributed by atoms with Gasteiger partial charge in [-0.05, 0) is 53.4 Å². The minimum atomic E-state index is -4.76. The molecule has 0 saturated heterocycles. The first-order chi connectivity index (χ1) is 13.7. The summed E-state index contributed by atoms with van der Waals surface area (Å²) in [6, 6.07) is 12.0. The Kier molecular flexibility index (Phi) is 7.00. The van der Waals surface area contributed by atoms with Crippen LogP contribution in [0.5, 0.6) is 5.75 Å². The average Bonchev–Trinajstić information content (AvgIpc) is 3.10. The van der Waals surface area contributed by atoms with E-state index < -0.39 is 6.36 Å². The van der Waals surface area contributed by atoms with E-state index in [0.717, 1.165) is 22.6 Å². The molecule has 29 heavy (non-hydrogen) atoms. The van der Waals surface area contributed by atoms with Crippen molar-refractivity contribution in [2.75, 3.05) is 5.32 Å². The number of rotatable bonds is 6. The Hall–Kier alpha value is -1.87. The summed E-state index contributed by atoms with van der Waals surface area (Å²) in [6.07, 6.45) is -4.76. The summed E-state index contributed by atoms with van der Waals surface area (Å²) in [4.78, 5) is 13.8. The van der Waals surface area contributed by atoms with E-state index in [2.05, 4.69) is 10.1 Å². The van der Waals surface area contributed by atoms with Crippen LogP contribution in [0.3, 0.4) is 0 Å². The number of hydrogen-bond donors (Lipinski definition) is 1. The largest absolute Gasteiger partial charge is 0.573 e. The second-order valence-corrected chi connectivity index (χ2v) is 8.44. The van der Waals surface area contributed by atoms with Gasteiger partial charge in [-0.15, -0.1) is 36.3 Å². The quantitative estimate of drug-likeness (QED) is 0.373. The molecule has 0 unspecified atom stereocenters. The Labute approximate surface area is 182 Å². The molecule has 0 spiro atoms. The van der Waals surface area contributed by atoms with Gasteiger partial charge in [-0.25, -0.2) is 0 Å². The molecule has 0 atom stereocenters. The fraction of sp³-hybridized carbons (Fsp3) is 0.105. The monoisotopic (exact) mass is 477 g/mol. The van der Waals surface area contributed by atoms with Gasteiger partial charge in [0.05, 0.1) is 0 Å². The van der Waals surface area contributed by atoms with Gasteiger partial charge in [0, 0.05) is 26.4 Å². The van der Waals surface area contributed by atoms with Gasteiger partial charge in [0.2, 0.25) is 0 Å². The Balaban J connectivity index is 1.64. The fourth-order valence-corrected chi connectivity index (χ4v) is 4.89. The van der Waals surface area contributed by atoms with Crippen molar-refractivity contribution in [1.29, 1.82) is 0 Å². The topological polar surface area (TPSA) is 38.3 Å². The summed E-state index contributed by atoms with van der Waals surface area (Å²) in [5.41, 5.74) is 1.24. The molecule has 10 heteroatoms. The molecule has 0 radical (unpaired) electrons. The lowest BCUT2D eigenvalue weighted by Crippen LogP contribution is -2.17. The van der Waals surface area contributed by atoms with Crippen LogP contribution in [0.4, 0.5) is 18.9 Å². The highest BCUT2D eigenvalue weighted by molar-refractivity contribution is 7.98. The molecular weight excluding hydrogens is 466 g/mol. The van der Waals surface area contributed by atoms with Crippen molar-refractivity contribution < 1.29 is 22.7 Å². The van der Waals surface area contributed by atoms with Crippen LogP contribution in [0.25, 0.3) is 0 Å². The van der Waals surface area contributed by atoms with Gasteiger partial charge in [-0.3, -0.25) is 4.79 Å². The van der Waals surface area contributed by atoms with E-state index in [1.54, 1.807) is 17.5 Å². The lowest BCUT2D eigenvalue weighted by atomic mass is 10.2. The first-order valence-electron chi connectivity index (χ1n) is 8.02. The lowest BCUT2D eigenvalue weighted by Gasteiger charge is -2.10. The zero-order chi connectivity index (χ0) is 21.0. The first-order valence-corrected chi connectivity index (χ1v) is 10.6. The lowest BCUT2D eigenvalue weighted by molar-refractivity contribution is -0.274. The van der Waals surface area contributed by atoms with Gasteiger partial charge in [0.25, 0.3) is 5.91 Å². The number of carbonyl (C=O) groups is 1. The molecule has 0 aliphatic heterocycles. The Bertz CT molecular complexity index is 1010. The number of thiophene rings is 1. The zero-order valence-corrected chi connectivity index (χ0v) is 17.6. The van der Waals surface area contributed by atoms with Crippen molar-refractivity contribution in [1.82, 2.24) is 0 Å². The normalized spacial score (nSPS) is 11.3. The predicted octanol–water partition coefficient (Wildman–Crippen LogP) is 7.50. The molecule has 0 aliphatic rings. The molecule has 0 fully saturated rings. The van der Waals surface area contributed by atoms with Gasteiger partial charge >= 0.3 is 6.36 Å². The Morgan fingerprint density at radius 3 is 2.48 bits per heavy atom. The summed E-state index contributed by atoms with van der Waals surface area (Å²) < 4.78 is 40.5. The van der Waals surface area contributed by atoms with Crippen molar-refractivity contribution >= 4 is 57.9 Å². The van der Waals surface area contributed by atoms with Crippen molar-refractivity contribution in [3.05, 3.63) is 74.4 Å². The Morgan fingerprint density at radius 1 is 1.10 bits per heavy atom. The number of ether oxygens (including phenoxy) is 1. The summed E-state index contributed by atoms with van der Waals surface area (Å²) in [5, 5.41) is 5.56. The third-order valence-corrected chi connectivity index (χ3v) is 6.32. The molecule has 3 aromatic rings. The van der Waals surface area contributed by atoms with Crippen LogP contribution >= 0.6 is 46.3 Å². The van der Waals surface area contributed by atoms with Gasteiger partial charge in [0.15, 0.2) is 0 Å². The van der Waals surface area contributed by atoms with Gasteiger partial charge < -0.3 is 10.1 Å². The highest BCUT2D eigenvalue weighted by atomic mass is 35.5. The highest BCUT2D eigenvalue weighted by Gasteiger charge is 2.31. The summed E-state index contributed by atoms with van der Waals surface area (Å²) in [7, 11) is 0. The molecule has 2 aromatic carbocycles. The number of carbonyl (C=O) groups excluding carboxylic acids is 1. The fourth-order valence-electron chi connectivity index (χ4n) is 2.30. The van der Waals surface area contributed by atoms with Crippen LogP contribution in [-0.4, -0.2) is 12.3 Å². The summed E-state index contributed by atoms with van der Waals surface area (Å²) in [5.74, 6) is -0.159. The number of alkyl halides is 3. The van der Waals surface area contributed by atoms with E-state index in [4.69, 9.17) is 23.2 Å². The second kappa shape index (κ2) is 9.30. The minimum Gasteiger partial charge on any atom is -0.406 e. The van der Waals surface area contributed by atoms with Gasteiger partial charge in [0.1, 0.15) is 10.6 Å². The second-order valence-electron chi connectivity index (χ2n) is 5.66. The van der Waals surface area contributed by atoms with E-state index in [1.165, 1.54) is 35.2 Å². The number of amides is 1. The summed E-state index contributed by atoms with van der Waals surface area (Å²) >= 11 is 14.8. The number of nitrogens with one attached hydrogen (secondary N) is 1. The molecule has 1 N–H and O–H groups in total. The van der Waals surface area contributed by atoms with Crippen molar-refractivity contribution in [3.63, 3.8) is 0 Å². The maximum Gasteiger partial charge on any atom is 0.573 e. The van der Waals surface area contributed by atoms with Gasteiger partial charge in [-0.1, -0.05) is 29.3 Å². The van der Waals surface area contributed by atoms with Crippen LogP contribution in [0.2, 0.25) is 10.0 Å². The van der Waals surface area contributed by atoms with Crippen LogP contribution in [0, 0.1) is 0 Å². The number of halogens is 5. The van der Waals surface area contributed by atoms with Crippen molar-refractivity contribution in [2.45, 2.75) is 17.0 Å². The number of anilines is 1. The van der Waals surface area contributed by atoms with Crippen LogP contribution in [0.1, 0.15) is 15.2 Å². The average molecular weight is 478 g/mol. The van der Waals surface area contributed by atoms with Crippen LogP contribution in [-0.2, 0) is 5.75 Å². The van der Waals surface area contributed by atoms with E-state index in [-0.39, 0.29) is 11.7 Å². The standard InChI is InChI=1S/C19H12Cl2F3NO2S2/c20-12-2-1-11(15(21)9-12)10-29-16-7-8-28-17(16)18(26)25-13-3-5-14(6-4-13)27-19(22,23)24/h1-9H,10H2,(H,25,26). The van der Waals surface area contributed by atoms with Gasteiger partial charge in [-0.2, -0.15) is 0 Å². The molecular formula is C19H12Cl2F3NO2S2. The third kappa shape index (κ3) is 6.30. The third-order valence-electron chi connectivity index (χ3n) is 3.58. The van der Waals surface area contributed by atoms with Crippen molar-refractivity contribution in [2.24, 2.45) is 0 Å². The highest BCUT2D eigenvalue weighted by Crippen LogP contribution is 2.33. The molecule has 152 valence electrons. The summed E-state index contributed by atoms with van der Waals surface area (Å²) in [6.45, 7) is 0. The zero-order valence-electron chi connectivity index (χ0n) is 14.4. The maximum atomic E-state index is 12.6. The van der Waals surface area contributed by atoms with Crippen molar-refractivity contribution in [3.8, 4) is 5.75 Å². The predicted molar refractivity (Wildman–Crippen MR) is 111 cm³/mol. The minimum absolute atomic E-state index is 0.353. The molecule has 0 bridgehead atoms. The number of benzene rings is 2. The molecule has 0 saturated carbocycles. The number of hydrogen-bond acceptors (Lipinski definition) is 4. The van der Waals surface area contributed by atoms with E-state index in [9.17, 15) is 18.0 Å². The maximum absolute atomic E-state index is 12.6. The molecule has 3 nitrogen and oxygen atoms in total. The smallest absolute Gasteiger partial charge is 0.406 e. The van der Waals surface area contributed by atoms with E-state index >= 15 is 0 Å². The van der Waals surface area contributed by atoms with Crippen LogP contribution < -0.4 is 10.1 Å².